The number of rotatable bonds is 3. The molecule has 0 aliphatic carbocycles. The average Bonchev–Trinajstić information content (AvgIpc) is 2.08. The molecule has 0 saturated heterocycles. The van der Waals surface area contributed by atoms with Crippen LogP contribution in [0.2, 0.25) is 0 Å². The molecule has 0 unspecified atom stereocenters. The van der Waals surface area contributed by atoms with Crippen LogP contribution in [0.3, 0.4) is 0 Å². The van der Waals surface area contributed by atoms with E-state index in [-0.39, 0.29) is 0 Å². The van der Waals surface area contributed by atoms with Crippen molar-refractivity contribution in [2.45, 2.75) is 27.2 Å². The summed E-state index contributed by atoms with van der Waals surface area (Å²) in [4.78, 5) is 0. The van der Waals surface area contributed by atoms with Crippen molar-refractivity contribution in [3.63, 3.8) is 0 Å². The van der Waals surface area contributed by atoms with Crippen molar-refractivity contribution in [1.82, 2.24) is 0 Å². The third-order valence-electron chi connectivity index (χ3n) is 2.00. The summed E-state index contributed by atoms with van der Waals surface area (Å²) in [7, 11) is 0. The van der Waals surface area contributed by atoms with E-state index in [0.717, 1.165) is 12.3 Å². The van der Waals surface area contributed by atoms with E-state index >= 15 is 0 Å². The second-order valence-electron chi connectivity index (χ2n) is 3.94. The Labute approximate surface area is 81.3 Å². The molecule has 0 radical (unpaired) electrons. The van der Waals surface area contributed by atoms with Gasteiger partial charge in [0.25, 0.3) is 0 Å². The summed E-state index contributed by atoms with van der Waals surface area (Å²) in [6, 6.07) is 8.61. The molecule has 0 aliphatic heterocycles. The zero-order chi connectivity index (χ0) is 9.68. The average molecular weight is 174 g/mol. The minimum atomic E-state index is 0.752. The molecule has 1 rings (SSSR count). The van der Waals surface area contributed by atoms with E-state index in [9.17, 15) is 0 Å². The van der Waals surface area contributed by atoms with Crippen LogP contribution in [0.5, 0.6) is 0 Å². The molecule has 0 saturated carbocycles. The van der Waals surface area contributed by atoms with Gasteiger partial charge in [-0.2, -0.15) is 0 Å². The van der Waals surface area contributed by atoms with Gasteiger partial charge < -0.3 is 0 Å². The Morgan fingerprint density at radius 1 is 1.15 bits per heavy atom. The third-order valence-corrected chi connectivity index (χ3v) is 2.00. The highest BCUT2D eigenvalue weighted by Crippen LogP contribution is 2.07. The smallest absolute Gasteiger partial charge is 0.0260 e. The zero-order valence-corrected chi connectivity index (χ0v) is 8.75. The van der Waals surface area contributed by atoms with E-state index < -0.39 is 0 Å². The first-order valence-electron chi connectivity index (χ1n) is 4.91. The van der Waals surface area contributed by atoms with Gasteiger partial charge in [-0.15, -0.1) is 0 Å². The first-order valence-corrected chi connectivity index (χ1v) is 4.91. The Hall–Kier alpha value is -1.04. The van der Waals surface area contributed by atoms with Crippen molar-refractivity contribution >= 4 is 6.08 Å². The highest BCUT2D eigenvalue weighted by atomic mass is 13.9. The molecule has 0 heteroatoms. The molecule has 0 fully saturated rings. The predicted molar refractivity (Wildman–Crippen MR) is 59.7 cm³/mol. The predicted octanol–water partition coefficient (Wildman–Crippen LogP) is 4.05. The first kappa shape index (κ1) is 10.0. The molecule has 1 aromatic rings. The Kier molecular flexibility index (Phi) is 3.75. The van der Waals surface area contributed by atoms with Crippen molar-refractivity contribution in [1.29, 1.82) is 0 Å². The van der Waals surface area contributed by atoms with Crippen LogP contribution < -0.4 is 0 Å². The van der Waals surface area contributed by atoms with Gasteiger partial charge in [-0.1, -0.05) is 55.8 Å². The van der Waals surface area contributed by atoms with E-state index in [0.29, 0.717) is 0 Å². The zero-order valence-electron chi connectivity index (χ0n) is 8.75. The van der Waals surface area contributed by atoms with Crippen LogP contribution >= 0.6 is 0 Å². The highest BCUT2D eigenvalue weighted by Gasteiger charge is 1.88. The SMILES string of the molecule is Cc1ccc(/C=C/CC(C)C)cc1. The molecule has 0 aromatic heterocycles. The van der Waals surface area contributed by atoms with Crippen LogP contribution in [0.1, 0.15) is 31.4 Å². The second-order valence-corrected chi connectivity index (χ2v) is 3.94. The lowest BCUT2D eigenvalue weighted by Crippen LogP contribution is -1.81. The Bertz CT molecular complexity index is 265. The summed E-state index contributed by atoms with van der Waals surface area (Å²) in [6.07, 6.45) is 5.60. The first-order chi connectivity index (χ1) is 6.18. The van der Waals surface area contributed by atoms with E-state index in [1.165, 1.54) is 11.1 Å². The van der Waals surface area contributed by atoms with Crippen molar-refractivity contribution in [2.75, 3.05) is 0 Å². The van der Waals surface area contributed by atoms with Gasteiger partial charge in [0.1, 0.15) is 0 Å². The molecule has 70 valence electrons. The summed E-state index contributed by atoms with van der Waals surface area (Å²) in [6.45, 7) is 6.58. The number of hydrogen-bond acceptors (Lipinski definition) is 0. The summed E-state index contributed by atoms with van der Waals surface area (Å²) < 4.78 is 0. The van der Waals surface area contributed by atoms with Gasteiger partial charge in [0.05, 0.1) is 0 Å². The van der Waals surface area contributed by atoms with Gasteiger partial charge in [0.2, 0.25) is 0 Å². The maximum absolute atomic E-state index is 2.25. The number of benzene rings is 1. The lowest BCUT2D eigenvalue weighted by Gasteiger charge is -1.97. The minimum Gasteiger partial charge on any atom is -0.0837 e. The van der Waals surface area contributed by atoms with Gasteiger partial charge in [0, 0.05) is 0 Å². The van der Waals surface area contributed by atoms with Crippen molar-refractivity contribution in [3.05, 3.63) is 41.5 Å². The Balaban J connectivity index is 2.54. The largest absolute Gasteiger partial charge is 0.0837 e. The lowest BCUT2D eigenvalue weighted by atomic mass is 10.1. The van der Waals surface area contributed by atoms with Gasteiger partial charge in [-0.05, 0) is 24.8 Å². The monoisotopic (exact) mass is 174 g/mol. The number of aryl methyl sites for hydroxylation is 1. The van der Waals surface area contributed by atoms with E-state index in [1.807, 2.05) is 0 Å². The van der Waals surface area contributed by atoms with E-state index in [4.69, 9.17) is 0 Å². The topological polar surface area (TPSA) is 0 Å². The van der Waals surface area contributed by atoms with Gasteiger partial charge >= 0.3 is 0 Å². The molecule has 13 heavy (non-hydrogen) atoms. The van der Waals surface area contributed by atoms with Crippen molar-refractivity contribution < 1.29 is 0 Å². The number of hydrogen-bond donors (Lipinski definition) is 0. The fourth-order valence-corrected chi connectivity index (χ4v) is 1.15. The van der Waals surface area contributed by atoms with Crippen molar-refractivity contribution in [3.8, 4) is 0 Å². The normalized spacial score (nSPS) is 11.4. The molecule has 0 heterocycles. The minimum absolute atomic E-state index is 0.752. The quantitative estimate of drug-likeness (QED) is 0.648. The standard InChI is InChI=1S/C13H18/c1-11(2)5-4-6-13-9-7-12(3)8-10-13/h4,6-11H,5H2,1-3H3/b6-4+. The summed E-state index contributed by atoms with van der Waals surface area (Å²) in [5.74, 6) is 0.752. The molecule has 0 bridgehead atoms. The summed E-state index contributed by atoms with van der Waals surface area (Å²) in [5.41, 5.74) is 2.62. The van der Waals surface area contributed by atoms with Crippen LogP contribution in [0.4, 0.5) is 0 Å². The molecule has 0 nitrogen and oxygen atoms in total. The van der Waals surface area contributed by atoms with Crippen LogP contribution in [-0.2, 0) is 0 Å². The third kappa shape index (κ3) is 3.93. The number of allylic oxidation sites excluding steroid dienone is 1. The summed E-state index contributed by atoms with van der Waals surface area (Å²) >= 11 is 0. The highest BCUT2D eigenvalue weighted by molar-refractivity contribution is 5.49. The molecule has 0 atom stereocenters. The molecular formula is C13H18. The maximum Gasteiger partial charge on any atom is -0.0260 e. The fourth-order valence-electron chi connectivity index (χ4n) is 1.15. The fraction of sp³-hybridized carbons (Fsp3) is 0.385. The Morgan fingerprint density at radius 3 is 2.31 bits per heavy atom. The van der Waals surface area contributed by atoms with Crippen LogP contribution in [0.25, 0.3) is 6.08 Å². The second kappa shape index (κ2) is 4.86. The molecule has 0 spiro atoms. The van der Waals surface area contributed by atoms with E-state index in [2.05, 4.69) is 57.2 Å². The van der Waals surface area contributed by atoms with Gasteiger partial charge in [-0.3, -0.25) is 0 Å². The molecule has 0 amide bonds. The van der Waals surface area contributed by atoms with Crippen molar-refractivity contribution in [2.24, 2.45) is 5.92 Å². The summed E-state index contributed by atoms with van der Waals surface area (Å²) in [5, 5.41) is 0. The van der Waals surface area contributed by atoms with Crippen LogP contribution in [-0.4, -0.2) is 0 Å². The molecule has 1 aromatic carbocycles. The Morgan fingerprint density at radius 2 is 1.77 bits per heavy atom. The molecule has 0 N–H and O–H groups in total. The van der Waals surface area contributed by atoms with Crippen LogP contribution in [0.15, 0.2) is 30.3 Å². The van der Waals surface area contributed by atoms with Gasteiger partial charge in [0.15, 0.2) is 0 Å². The molecular weight excluding hydrogens is 156 g/mol. The van der Waals surface area contributed by atoms with E-state index in [1.54, 1.807) is 0 Å². The van der Waals surface area contributed by atoms with Gasteiger partial charge in [-0.25, -0.2) is 0 Å². The van der Waals surface area contributed by atoms with Crippen LogP contribution in [0, 0.1) is 12.8 Å². The molecule has 0 aliphatic rings. The maximum atomic E-state index is 2.25. The lowest BCUT2D eigenvalue weighted by molar-refractivity contribution is 0.665.